The second kappa shape index (κ2) is 6.17. The van der Waals surface area contributed by atoms with E-state index in [2.05, 4.69) is 32.7 Å². The number of hydrogen-bond donors (Lipinski definition) is 1. The quantitative estimate of drug-likeness (QED) is 0.821. The zero-order valence-corrected chi connectivity index (χ0v) is 12.1. The summed E-state index contributed by atoms with van der Waals surface area (Å²) in [7, 11) is 3.82. The standard InChI is InChI=1S/C14H29NO2/c1-14(2,3)11-6-7-13(16)12(10-11)15(4)8-9-17-5/h11-13,16H,6-10H2,1-5H3. The Balaban J connectivity index is 2.57. The third-order valence-electron chi connectivity index (χ3n) is 4.22. The van der Waals surface area contributed by atoms with Crippen LogP contribution in [0.1, 0.15) is 40.0 Å². The minimum Gasteiger partial charge on any atom is -0.391 e. The van der Waals surface area contributed by atoms with Gasteiger partial charge in [0.1, 0.15) is 0 Å². The van der Waals surface area contributed by atoms with Crippen LogP contribution in [0.5, 0.6) is 0 Å². The molecule has 102 valence electrons. The summed E-state index contributed by atoms with van der Waals surface area (Å²) in [6.45, 7) is 8.56. The molecule has 0 spiro atoms. The molecule has 3 nitrogen and oxygen atoms in total. The summed E-state index contributed by atoms with van der Waals surface area (Å²) in [5, 5.41) is 10.1. The summed E-state index contributed by atoms with van der Waals surface area (Å²) < 4.78 is 5.11. The molecule has 0 saturated heterocycles. The first-order valence-corrected chi connectivity index (χ1v) is 6.73. The van der Waals surface area contributed by atoms with Crippen molar-refractivity contribution in [1.29, 1.82) is 0 Å². The van der Waals surface area contributed by atoms with Crippen molar-refractivity contribution in [2.24, 2.45) is 11.3 Å². The van der Waals surface area contributed by atoms with E-state index in [1.165, 1.54) is 0 Å². The third-order valence-corrected chi connectivity index (χ3v) is 4.22. The molecule has 1 N–H and O–H groups in total. The molecule has 0 amide bonds. The number of aliphatic hydroxyl groups excluding tert-OH is 1. The van der Waals surface area contributed by atoms with Crippen molar-refractivity contribution in [1.82, 2.24) is 4.90 Å². The van der Waals surface area contributed by atoms with Crippen molar-refractivity contribution < 1.29 is 9.84 Å². The van der Waals surface area contributed by atoms with Gasteiger partial charge in [-0.1, -0.05) is 20.8 Å². The van der Waals surface area contributed by atoms with Gasteiger partial charge in [-0.25, -0.2) is 0 Å². The molecule has 0 heterocycles. The monoisotopic (exact) mass is 243 g/mol. The van der Waals surface area contributed by atoms with Gasteiger partial charge in [-0.3, -0.25) is 4.90 Å². The van der Waals surface area contributed by atoms with E-state index >= 15 is 0 Å². The second-order valence-corrected chi connectivity index (χ2v) is 6.48. The third kappa shape index (κ3) is 4.23. The number of aliphatic hydroxyl groups is 1. The molecular formula is C14H29NO2. The Morgan fingerprint density at radius 1 is 1.29 bits per heavy atom. The maximum absolute atomic E-state index is 10.1. The molecule has 1 saturated carbocycles. The van der Waals surface area contributed by atoms with Gasteiger partial charge in [0.15, 0.2) is 0 Å². The van der Waals surface area contributed by atoms with Crippen LogP contribution in [0.15, 0.2) is 0 Å². The summed E-state index contributed by atoms with van der Waals surface area (Å²) >= 11 is 0. The van der Waals surface area contributed by atoms with Crippen LogP contribution in [-0.4, -0.2) is 49.5 Å². The highest BCUT2D eigenvalue weighted by molar-refractivity contribution is 4.89. The Labute approximate surface area is 106 Å². The molecule has 0 aromatic heterocycles. The van der Waals surface area contributed by atoms with E-state index in [9.17, 15) is 5.11 Å². The normalized spacial score (nSPS) is 30.9. The van der Waals surface area contributed by atoms with Gasteiger partial charge in [-0.15, -0.1) is 0 Å². The van der Waals surface area contributed by atoms with Gasteiger partial charge in [-0.05, 0) is 37.6 Å². The van der Waals surface area contributed by atoms with Crippen molar-refractivity contribution in [3.8, 4) is 0 Å². The summed E-state index contributed by atoms with van der Waals surface area (Å²) in [6.07, 6.45) is 3.02. The minimum absolute atomic E-state index is 0.171. The SMILES string of the molecule is COCCN(C)C1CC(C(C)(C)C)CCC1O. The summed E-state index contributed by atoms with van der Waals surface area (Å²) in [5.74, 6) is 0.709. The van der Waals surface area contributed by atoms with Crippen LogP contribution in [-0.2, 0) is 4.74 Å². The number of likely N-dealkylation sites (N-methyl/N-ethyl adjacent to an activating group) is 1. The molecule has 3 atom stereocenters. The molecule has 3 unspecified atom stereocenters. The van der Waals surface area contributed by atoms with Gasteiger partial charge in [0, 0.05) is 19.7 Å². The van der Waals surface area contributed by atoms with Crippen LogP contribution in [0.2, 0.25) is 0 Å². The zero-order valence-electron chi connectivity index (χ0n) is 12.1. The Morgan fingerprint density at radius 2 is 1.94 bits per heavy atom. The zero-order chi connectivity index (χ0) is 13.1. The van der Waals surface area contributed by atoms with E-state index in [1.54, 1.807) is 7.11 Å². The Kier molecular flexibility index (Phi) is 5.42. The highest BCUT2D eigenvalue weighted by Crippen LogP contribution is 2.39. The van der Waals surface area contributed by atoms with Gasteiger partial charge in [0.05, 0.1) is 12.7 Å². The fraction of sp³-hybridized carbons (Fsp3) is 1.00. The lowest BCUT2D eigenvalue weighted by Crippen LogP contribution is -2.48. The number of nitrogens with zero attached hydrogens (tertiary/aromatic N) is 1. The van der Waals surface area contributed by atoms with E-state index in [4.69, 9.17) is 4.74 Å². The minimum atomic E-state index is -0.171. The number of rotatable bonds is 4. The van der Waals surface area contributed by atoms with Crippen LogP contribution in [0.25, 0.3) is 0 Å². The molecule has 0 radical (unpaired) electrons. The van der Waals surface area contributed by atoms with Crippen molar-refractivity contribution in [3.05, 3.63) is 0 Å². The van der Waals surface area contributed by atoms with Gasteiger partial charge >= 0.3 is 0 Å². The molecule has 0 aromatic rings. The summed E-state index contributed by atoms with van der Waals surface area (Å²) in [4.78, 5) is 2.26. The van der Waals surface area contributed by atoms with Crippen LogP contribution in [0.3, 0.4) is 0 Å². The molecule has 1 fully saturated rings. The van der Waals surface area contributed by atoms with Crippen LogP contribution in [0, 0.1) is 11.3 Å². The number of methoxy groups -OCH3 is 1. The lowest BCUT2D eigenvalue weighted by molar-refractivity contribution is -0.0137. The molecule has 3 heteroatoms. The summed E-state index contributed by atoms with van der Waals surface area (Å²) in [6, 6.07) is 0.295. The first kappa shape index (κ1) is 14.9. The molecular weight excluding hydrogens is 214 g/mol. The Morgan fingerprint density at radius 3 is 2.47 bits per heavy atom. The van der Waals surface area contributed by atoms with E-state index in [-0.39, 0.29) is 6.10 Å². The topological polar surface area (TPSA) is 32.7 Å². The Hall–Kier alpha value is -0.120. The van der Waals surface area contributed by atoms with Gasteiger partial charge in [0.25, 0.3) is 0 Å². The lowest BCUT2D eigenvalue weighted by Gasteiger charge is -2.43. The van der Waals surface area contributed by atoms with Crippen molar-refractivity contribution in [3.63, 3.8) is 0 Å². The molecule has 1 rings (SSSR count). The molecule has 1 aliphatic rings. The molecule has 1 aliphatic carbocycles. The average molecular weight is 243 g/mol. The molecule has 0 aliphatic heterocycles. The maximum atomic E-state index is 10.1. The smallest absolute Gasteiger partial charge is 0.0695 e. The maximum Gasteiger partial charge on any atom is 0.0695 e. The highest BCUT2D eigenvalue weighted by atomic mass is 16.5. The predicted molar refractivity (Wildman–Crippen MR) is 71.1 cm³/mol. The number of ether oxygens (including phenoxy) is 1. The van der Waals surface area contributed by atoms with Crippen molar-refractivity contribution in [2.45, 2.75) is 52.2 Å². The van der Waals surface area contributed by atoms with Gasteiger partial charge < -0.3 is 9.84 Å². The molecule has 0 bridgehead atoms. The second-order valence-electron chi connectivity index (χ2n) is 6.48. The average Bonchev–Trinajstić information content (AvgIpc) is 2.24. The largest absolute Gasteiger partial charge is 0.391 e. The first-order chi connectivity index (χ1) is 7.86. The highest BCUT2D eigenvalue weighted by Gasteiger charge is 2.36. The van der Waals surface area contributed by atoms with E-state index in [1.807, 2.05) is 0 Å². The first-order valence-electron chi connectivity index (χ1n) is 6.73. The summed E-state index contributed by atoms with van der Waals surface area (Å²) in [5.41, 5.74) is 0.348. The van der Waals surface area contributed by atoms with Crippen molar-refractivity contribution in [2.75, 3.05) is 27.3 Å². The van der Waals surface area contributed by atoms with Crippen molar-refractivity contribution >= 4 is 0 Å². The number of hydrogen-bond acceptors (Lipinski definition) is 3. The lowest BCUT2D eigenvalue weighted by atomic mass is 9.70. The van der Waals surface area contributed by atoms with Crippen LogP contribution in [0.4, 0.5) is 0 Å². The van der Waals surface area contributed by atoms with Gasteiger partial charge in [0.2, 0.25) is 0 Å². The van der Waals surface area contributed by atoms with Gasteiger partial charge in [-0.2, -0.15) is 0 Å². The fourth-order valence-electron chi connectivity index (χ4n) is 2.79. The van der Waals surface area contributed by atoms with E-state index < -0.39 is 0 Å². The van der Waals surface area contributed by atoms with E-state index in [0.29, 0.717) is 17.4 Å². The van der Waals surface area contributed by atoms with Crippen LogP contribution < -0.4 is 0 Å². The predicted octanol–water partition coefficient (Wildman–Crippen LogP) is 2.14. The van der Waals surface area contributed by atoms with E-state index in [0.717, 1.165) is 32.4 Å². The fourth-order valence-corrected chi connectivity index (χ4v) is 2.79. The Bertz CT molecular complexity index is 225. The molecule has 17 heavy (non-hydrogen) atoms. The molecule has 0 aromatic carbocycles. The van der Waals surface area contributed by atoms with Crippen LogP contribution >= 0.6 is 0 Å².